The monoisotopic (exact) mass is 542 g/mol. The standard InChI is InChI=1S/C28H24Cl2N8/c1-37-25(30)22-19(36-37)7-6-17(23(22)29)18-14-33-26-21(18)20(13-31)34-27(35-26)38-10-8-28(9-11-38)12-15-4-2-3-5-16(15)24(28)32/h2-7,14,24H,8-12,32H2,1H3,(H,33,34,35)/t24-/m1/s1. The van der Waals surface area contributed by atoms with Crippen LogP contribution in [0.2, 0.25) is 10.2 Å². The van der Waals surface area contributed by atoms with E-state index in [-0.39, 0.29) is 11.5 Å². The van der Waals surface area contributed by atoms with Gasteiger partial charge in [-0.15, -0.1) is 0 Å². The summed E-state index contributed by atoms with van der Waals surface area (Å²) in [6.45, 7) is 1.57. The lowest BCUT2D eigenvalue weighted by Crippen LogP contribution is -2.45. The summed E-state index contributed by atoms with van der Waals surface area (Å²) in [5.41, 5.74) is 12.5. The molecule has 2 aliphatic rings. The average molecular weight is 543 g/mol. The van der Waals surface area contributed by atoms with Crippen LogP contribution < -0.4 is 10.6 Å². The van der Waals surface area contributed by atoms with Crippen LogP contribution in [0.1, 0.15) is 35.7 Å². The van der Waals surface area contributed by atoms with Gasteiger partial charge < -0.3 is 15.6 Å². The summed E-state index contributed by atoms with van der Waals surface area (Å²) in [6.07, 6.45) is 4.72. The Morgan fingerprint density at radius 2 is 1.87 bits per heavy atom. The first-order chi connectivity index (χ1) is 18.4. The highest BCUT2D eigenvalue weighted by Crippen LogP contribution is 2.51. The number of benzene rings is 2. The summed E-state index contributed by atoms with van der Waals surface area (Å²) < 4.78 is 1.59. The van der Waals surface area contributed by atoms with Gasteiger partial charge in [0.05, 0.1) is 21.3 Å². The number of nitrogens with two attached hydrogens (primary N) is 1. The van der Waals surface area contributed by atoms with E-state index in [1.807, 2.05) is 18.3 Å². The van der Waals surface area contributed by atoms with Gasteiger partial charge in [-0.3, -0.25) is 4.68 Å². The van der Waals surface area contributed by atoms with Crippen LogP contribution in [0, 0.1) is 16.7 Å². The number of nitrogens with one attached hydrogen (secondary N) is 1. The molecule has 38 heavy (non-hydrogen) atoms. The smallest absolute Gasteiger partial charge is 0.228 e. The molecule has 5 aromatic rings. The molecular formula is C28H24Cl2N8. The lowest BCUT2D eigenvalue weighted by atomic mass is 9.73. The molecule has 1 saturated heterocycles. The quantitative estimate of drug-likeness (QED) is 0.303. The zero-order valence-electron chi connectivity index (χ0n) is 20.7. The Labute approximate surface area is 229 Å². The predicted octanol–water partition coefficient (Wildman–Crippen LogP) is 5.53. The molecule has 0 radical (unpaired) electrons. The maximum absolute atomic E-state index is 10.1. The van der Waals surface area contributed by atoms with E-state index < -0.39 is 0 Å². The van der Waals surface area contributed by atoms with E-state index in [4.69, 9.17) is 38.9 Å². The number of nitrogens with zero attached hydrogens (tertiary/aromatic N) is 6. The number of piperidine rings is 1. The minimum Gasteiger partial charge on any atom is -0.345 e. The van der Waals surface area contributed by atoms with E-state index in [1.54, 1.807) is 11.7 Å². The van der Waals surface area contributed by atoms with Crippen molar-refractivity contribution < 1.29 is 0 Å². The maximum atomic E-state index is 10.1. The highest BCUT2D eigenvalue weighted by atomic mass is 35.5. The van der Waals surface area contributed by atoms with Gasteiger partial charge in [0.1, 0.15) is 16.9 Å². The Morgan fingerprint density at radius 1 is 1.08 bits per heavy atom. The van der Waals surface area contributed by atoms with Gasteiger partial charge in [-0.1, -0.05) is 53.5 Å². The molecule has 190 valence electrons. The second-order valence-electron chi connectivity index (χ2n) is 10.3. The van der Waals surface area contributed by atoms with Crippen LogP contribution in [-0.4, -0.2) is 37.8 Å². The van der Waals surface area contributed by atoms with Crippen LogP contribution in [0.5, 0.6) is 0 Å². The highest BCUT2D eigenvalue weighted by Gasteiger charge is 2.46. The summed E-state index contributed by atoms with van der Waals surface area (Å²) >= 11 is 13.3. The number of aromatic nitrogens is 5. The third kappa shape index (κ3) is 3.29. The molecule has 4 heterocycles. The third-order valence-electron chi connectivity index (χ3n) is 8.42. The zero-order valence-corrected chi connectivity index (χ0v) is 22.2. The van der Waals surface area contributed by atoms with E-state index in [0.717, 1.165) is 43.5 Å². The van der Waals surface area contributed by atoms with Crippen LogP contribution in [0.25, 0.3) is 33.1 Å². The molecule has 1 spiro atoms. The van der Waals surface area contributed by atoms with Crippen molar-refractivity contribution in [3.05, 3.63) is 69.6 Å². The molecule has 10 heteroatoms. The maximum Gasteiger partial charge on any atom is 0.228 e. The van der Waals surface area contributed by atoms with Crippen molar-refractivity contribution >= 4 is 51.1 Å². The number of rotatable bonds is 2. The van der Waals surface area contributed by atoms with Crippen molar-refractivity contribution in [2.45, 2.75) is 25.3 Å². The number of hydrogen-bond donors (Lipinski definition) is 2. The molecule has 0 unspecified atom stereocenters. The van der Waals surface area contributed by atoms with Crippen molar-refractivity contribution in [1.29, 1.82) is 5.26 Å². The van der Waals surface area contributed by atoms with Gasteiger partial charge in [-0.2, -0.15) is 15.3 Å². The fraction of sp³-hybridized carbons (Fsp3) is 0.286. The van der Waals surface area contributed by atoms with Gasteiger partial charge in [0.25, 0.3) is 0 Å². The molecule has 2 aromatic carbocycles. The molecule has 1 aliphatic carbocycles. The Bertz CT molecular complexity index is 1790. The molecule has 3 aromatic heterocycles. The Kier molecular flexibility index (Phi) is 5.21. The lowest BCUT2D eigenvalue weighted by molar-refractivity contribution is 0.187. The first kappa shape index (κ1) is 23.5. The van der Waals surface area contributed by atoms with Gasteiger partial charge >= 0.3 is 0 Å². The number of aryl methyl sites for hydroxylation is 1. The van der Waals surface area contributed by atoms with Gasteiger partial charge in [-0.05, 0) is 41.9 Å². The first-order valence-corrected chi connectivity index (χ1v) is 13.3. The number of anilines is 1. The van der Waals surface area contributed by atoms with Gasteiger partial charge in [0.15, 0.2) is 5.69 Å². The normalized spacial score (nSPS) is 18.4. The first-order valence-electron chi connectivity index (χ1n) is 12.6. The number of aromatic amines is 1. The van der Waals surface area contributed by atoms with Crippen molar-refractivity contribution in [2.75, 3.05) is 18.0 Å². The van der Waals surface area contributed by atoms with Gasteiger partial charge in [0, 0.05) is 43.5 Å². The van der Waals surface area contributed by atoms with Crippen LogP contribution in [0.15, 0.2) is 42.6 Å². The second-order valence-corrected chi connectivity index (χ2v) is 11.1. The number of hydrogen-bond acceptors (Lipinski definition) is 6. The predicted molar refractivity (Wildman–Crippen MR) is 149 cm³/mol. The molecular weight excluding hydrogens is 519 g/mol. The van der Waals surface area contributed by atoms with Crippen LogP contribution in [0.4, 0.5) is 5.95 Å². The topological polar surface area (TPSA) is 112 Å². The molecule has 1 aliphatic heterocycles. The largest absolute Gasteiger partial charge is 0.345 e. The third-order valence-corrected chi connectivity index (χ3v) is 9.24. The van der Waals surface area contributed by atoms with Crippen LogP contribution in [-0.2, 0) is 13.5 Å². The zero-order chi connectivity index (χ0) is 26.2. The van der Waals surface area contributed by atoms with E-state index in [1.165, 1.54) is 11.1 Å². The number of halogens is 2. The SMILES string of the molecule is Cn1nc2ccc(-c3c[nH]c4nc(N5CCC6(CC5)Cc5ccccc5[C@H]6N)nc(C#N)c34)c(Cl)c2c1Cl. The molecule has 1 atom stereocenters. The number of nitriles is 1. The average Bonchev–Trinajstić information content (AvgIpc) is 3.57. The van der Waals surface area contributed by atoms with Crippen LogP contribution >= 0.6 is 23.2 Å². The minimum atomic E-state index is 0.0419. The van der Waals surface area contributed by atoms with Crippen molar-refractivity contribution in [3.8, 4) is 17.2 Å². The number of H-pyrrole nitrogens is 1. The summed E-state index contributed by atoms with van der Waals surface area (Å²) in [7, 11) is 1.77. The minimum absolute atomic E-state index is 0.0419. The van der Waals surface area contributed by atoms with E-state index >= 15 is 0 Å². The van der Waals surface area contributed by atoms with Crippen molar-refractivity contribution in [2.24, 2.45) is 18.2 Å². The highest BCUT2D eigenvalue weighted by molar-refractivity contribution is 6.43. The van der Waals surface area contributed by atoms with E-state index in [2.05, 4.69) is 45.3 Å². The van der Waals surface area contributed by atoms with E-state index in [9.17, 15) is 5.26 Å². The van der Waals surface area contributed by atoms with Crippen molar-refractivity contribution in [1.82, 2.24) is 24.7 Å². The van der Waals surface area contributed by atoms with E-state index in [0.29, 0.717) is 43.8 Å². The molecule has 0 saturated carbocycles. The molecule has 3 N–H and O–H groups in total. The molecule has 8 nitrogen and oxygen atoms in total. The van der Waals surface area contributed by atoms with Gasteiger partial charge in [-0.25, -0.2) is 4.98 Å². The second kappa shape index (κ2) is 8.43. The molecule has 7 rings (SSSR count). The van der Waals surface area contributed by atoms with Crippen molar-refractivity contribution in [3.63, 3.8) is 0 Å². The Balaban J connectivity index is 1.23. The lowest BCUT2D eigenvalue weighted by Gasteiger charge is -2.42. The Morgan fingerprint density at radius 3 is 2.63 bits per heavy atom. The summed E-state index contributed by atoms with van der Waals surface area (Å²) in [6, 6.07) is 14.6. The molecule has 0 amide bonds. The summed E-state index contributed by atoms with van der Waals surface area (Å²) in [5, 5.41) is 16.7. The van der Waals surface area contributed by atoms with Gasteiger partial charge in [0.2, 0.25) is 5.95 Å². The molecule has 0 bridgehead atoms. The fourth-order valence-electron chi connectivity index (χ4n) is 6.33. The molecule has 1 fully saturated rings. The Hall–Kier alpha value is -3.64. The summed E-state index contributed by atoms with van der Waals surface area (Å²) in [5.74, 6) is 0.554. The number of fused-ring (bicyclic) bond motifs is 3. The summed E-state index contributed by atoms with van der Waals surface area (Å²) in [4.78, 5) is 14.9. The van der Waals surface area contributed by atoms with Crippen LogP contribution in [0.3, 0.4) is 0 Å². The fourth-order valence-corrected chi connectivity index (χ4v) is 6.96.